The molecule has 0 saturated heterocycles. The first-order valence-corrected chi connectivity index (χ1v) is 13.3. The van der Waals surface area contributed by atoms with E-state index in [4.69, 9.17) is 0 Å². The van der Waals surface area contributed by atoms with Crippen molar-refractivity contribution < 1.29 is 44.0 Å². The number of aromatic amines is 1. The molecule has 0 unspecified atom stereocenters. The van der Waals surface area contributed by atoms with Gasteiger partial charge >= 0.3 is 166 Å². The van der Waals surface area contributed by atoms with Gasteiger partial charge in [0.1, 0.15) is 0 Å². The number of rotatable bonds is 2. The molecule has 3 aromatic rings. The molecular formula is C23H25Cl2NSiTi. The fourth-order valence-electron chi connectivity index (χ4n) is 3.89. The van der Waals surface area contributed by atoms with E-state index in [1.165, 1.54) is 30.9 Å². The first-order chi connectivity index (χ1) is 12.4. The summed E-state index contributed by atoms with van der Waals surface area (Å²) >= 11 is -0.427. The molecule has 0 saturated carbocycles. The zero-order valence-corrected chi connectivity index (χ0v) is 21.0. The molecule has 1 aliphatic carbocycles. The fraction of sp³-hybridized carbons (Fsp3) is 0.261. The van der Waals surface area contributed by atoms with E-state index in [9.17, 15) is 0 Å². The molecule has 0 radical (unpaired) electrons. The normalized spacial score (nSPS) is 12.6. The molecule has 1 N–H and O–H groups in total. The SMILES string of the molecule is C[Si](C)=C1C=c2ccccc2=[C]1[Ti+2][c]1[nH]c2ccccc2c1C(C)(C)C.[Cl-].[Cl-]. The Bertz CT molecular complexity index is 1170. The summed E-state index contributed by atoms with van der Waals surface area (Å²) in [6.07, 6.45) is 2.46. The van der Waals surface area contributed by atoms with E-state index in [0.717, 1.165) is 0 Å². The summed E-state index contributed by atoms with van der Waals surface area (Å²) < 4.78 is 3.15. The number of benzene rings is 2. The molecule has 0 atom stereocenters. The third kappa shape index (κ3) is 4.17. The Kier molecular flexibility index (Phi) is 7.39. The van der Waals surface area contributed by atoms with Gasteiger partial charge in [-0.3, -0.25) is 0 Å². The van der Waals surface area contributed by atoms with E-state index in [-0.39, 0.29) is 30.2 Å². The van der Waals surface area contributed by atoms with Gasteiger partial charge in [-0.1, -0.05) is 0 Å². The van der Waals surface area contributed by atoms with E-state index in [1.807, 2.05) is 0 Å². The van der Waals surface area contributed by atoms with Crippen LogP contribution in [0.2, 0.25) is 13.1 Å². The summed E-state index contributed by atoms with van der Waals surface area (Å²) in [4.78, 5) is 3.81. The summed E-state index contributed by atoms with van der Waals surface area (Å²) in [5.41, 5.74) is 2.95. The molecule has 5 heteroatoms. The summed E-state index contributed by atoms with van der Waals surface area (Å²) in [6.45, 7) is 11.9. The summed E-state index contributed by atoms with van der Waals surface area (Å²) in [7, 11) is -0.482. The molecule has 0 amide bonds. The van der Waals surface area contributed by atoms with Crippen LogP contribution in [0.1, 0.15) is 26.3 Å². The second-order valence-electron chi connectivity index (χ2n) is 8.32. The van der Waals surface area contributed by atoms with Crippen molar-refractivity contribution in [1.29, 1.82) is 0 Å². The molecule has 0 fully saturated rings. The molecule has 2 aromatic carbocycles. The van der Waals surface area contributed by atoms with Crippen molar-refractivity contribution in [1.82, 2.24) is 4.98 Å². The minimum atomic E-state index is -0.482. The Balaban J connectivity index is 0.00000140. The van der Waals surface area contributed by atoms with E-state index in [0.29, 0.717) is 0 Å². The standard InChI is InChI=1S/C12H14N.C11H11Si.2ClH.Ti/c1-12(2,3)10-8-13-11-7-5-4-6-9(10)11;1-12(2)11-7-9-5-3-4-6-10(9)8-11;;;/h4-7,13H,1-3H3;3-7H,1-2H3;2*1H;/q;;;;+2/p-2. The van der Waals surface area contributed by atoms with Gasteiger partial charge in [0.15, 0.2) is 0 Å². The van der Waals surface area contributed by atoms with Crippen LogP contribution in [0.25, 0.3) is 20.9 Å². The molecule has 1 aliphatic rings. The molecule has 1 aromatic heterocycles. The van der Waals surface area contributed by atoms with E-state index >= 15 is 0 Å². The van der Waals surface area contributed by atoms with Crippen LogP contribution >= 0.6 is 0 Å². The zero-order chi connectivity index (χ0) is 18.5. The third-order valence-electron chi connectivity index (χ3n) is 5.04. The van der Waals surface area contributed by atoms with Gasteiger partial charge in [0.25, 0.3) is 0 Å². The number of aromatic nitrogens is 1. The predicted octanol–water partition coefficient (Wildman–Crippen LogP) is -2.71. The van der Waals surface area contributed by atoms with Crippen molar-refractivity contribution in [2.24, 2.45) is 0 Å². The van der Waals surface area contributed by atoms with E-state index in [1.54, 1.807) is 9.05 Å². The van der Waals surface area contributed by atoms with Crippen molar-refractivity contribution in [3.63, 3.8) is 0 Å². The Hall–Kier alpha value is -0.899. The molecule has 4 rings (SSSR count). The number of H-pyrrole nitrogens is 1. The maximum absolute atomic E-state index is 3.81. The predicted molar refractivity (Wildman–Crippen MR) is 113 cm³/mol. The topological polar surface area (TPSA) is 15.8 Å². The zero-order valence-electron chi connectivity index (χ0n) is 17.0. The quantitative estimate of drug-likeness (QED) is 0.399. The largest absolute Gasteiger partial charge is 1.00 e. The van der Waals surface area contributed by atoms with Gasteiger partial charge in [-0.05, 0) is 0 Å². The molecule has 28 heavy (non-hydrogen) atoms. The third-order valence-corrected chi connectivity index (χ3v) is 9.11. The minimum absolute atomic E-state index is 0. The second-order valence-corrected chi connectivity index (χ2v) is 12.8. The average molecular weight is 462 g/mol. The van der Waals surface area contributed by atoms with Crippen LogP contribution in [0.5, 0.6) is 0 Å². The van der Waals surface area contributed by atoms with Gasteiger partial charge in [0.2, 0.25) is 0 Å². The number of nitrogens with one attached hydrogen (secondary N) is 1. The van der Waals surface area contributed by atoms with Gasteiger partial charge in [0, 0.05) is 0 Å². The van der Waals surface area contributed by atoms with Crippen molar-refractivity contribution in [3.05, 3.63) is 64.5 Å². The number of hydrogen-bond acceptors (Lipinski definition) is 0. The maximum Gasteiger partial charge on any atom is -1.00 e. The molecule has 1 heterocycles. The number of hydrogen-bond donors (Lipinski definition) is 1. The van der Waals surface area contributed by atoms with Crippen LogP contribution in [0.15, 0.2) is 48.5 Å². The Morgan fingerprint density at radius 2 is 1.54 bits per heavy atom. The summed E-state index contributed by atoms with van der Waals surface area (Å²) in [5.74, 6) is 0. The van der Waals surface area contributed by atoms with Gasteiger partial charge < -0.3 is 24.8 Å². The molecule has 1 nitrogen and oxygen atoms in total. The second kappa shape index (κ2) is 8.85. The van der Waals surface area contributed by atoms with Crippen LogP contribution in [-0.2, 0) is 24.6 Å². The maximum atomic E-state index is 3.81. The minimum Gasteiger partial charge on any atom is -1.00 e. The Labute approximate surface area is 190 Å². The number of halogens is 2. The van der Waals surface area contributed by atoms with Crippen LogP contribution in [0.4, 0.5) is 0 Å². The van der Waals surface area contributed by atoms with Crippen molar-refractivity contribution >= 4 is 38.4 Å². The van der Waals surface area contributed by atoms with Gasteiger partial charge in [0.05, 0.1) is 0 Å². The number of fused-ring (bicyclic) bond motifs is 2. The molecular weight excluding hydrogens is 437 g/mol. The molecule has 144 valence electrons. The number of para-hydroxylation sites is 1. The molecule has 0 spiro atoms. The first-order valence-electron chi connectivity index (χ1n) is 9.23. The summed E-state index contributed by atoms with van der Waals surface area (Å²) in [5, 5.41) is 5.93. The van der Waals surface area contributed by atoms with Crippen molar-refractivity contribution in [2.45, 2.75) is 39.3 Å². The fourth-order valence-corrected chi connectivity index (χ4v) is 8.98. The Morgan fingerprint density at radius 1 is 0.893 bits per heavy atom. The smallest absolute Gasteiger partial charge is 1.00 e. The van der Waals surface area contributed by atoms with E-state index < -0.39 is 27.6 Å². The Morgan fingerprint density at radius 3 is 2.21 bits per heavy atom. The van der Waals surface area contributed by atoms with Crippen LogP contribution in [-0.4, -0.2) is 18.6 Å². The van der Waals surface area contributed by atoms with Gasteiger partial charge in [-0.25, -0.2) is 0 Å². The molecule has 0 bridgehead atoms. The van der Waals surface area contributed by atoms with Crippen LogP contribution in [0.3, 0.4) is 0 Å². The van der Waals surface area contributed by atoms with Crippen LogP contribution in [0, 0.1) is 0 Å². The van der Waals surface area contributed by atoms with Crippen LogP contribution < -0.4 is 39.3 Å². The monoisotopic (exact) mass is 461 g/mol. The van der Waals surface area contributed by atoms with E-state index in [2.05, 4.69) is 93.5 Å². The summed E-state index contributed by atoms with van der Waals surface area (Å²) in [6, 6.07) is 17.7. The average Bonchev–Trinajstić information content (AvgIpc) is 3.13. The first kappa shape index (κ1) is 23.4. The molecule has 0 aliphatic heterocycles. The van der Waals surface area contributed by atoms with Crippen molar-refractivity contribution in [3.8, 4) is 0 Å². The van der Waals surface area contributed by atoms with Gasteiger partial charge in [-0.2, -0.15) is 0 Å². The van der Waals surface area contributed by atoms with Crippen molar-refractivity contribution in [2.75, 3.05) is 0 Å². The van der Waals surface area contributed by atoms with Gasteiger partial charge in [-0.15, -0.1) is 0 Å².